The van der Waals surface area contributed by atoms with Gasteiger partial charge in [0, 0.05) is 16.6 Å². The predicted octanol–water partition coefficient (Wildman–Crippen LogP) is 4.92. The molecule has 3 aromatic rings. The molecule has 0 saturated heterocycles. The van der Waals surface area contributed by atoms with E-state index in [0.29, 0.717) is 25.7 Å². The highest BCUT2D eigenvalue weighted by atomic mass is 19.2. The van der Waals surface area contributed by atoms with Crippen LogP contribution in [0.2, 0.25) is 0 Å². The Hall–Kier alpha value is -3.15. The Morgan fingerprint density at radius 3 is 2.53 bits per heavy atom. The first-order chi connectivity index (χ1) is 14.5. The molecule has 1 atom stereocenters. The van der Waals surface area contributed by atoms with Crippen LogP contribution in [0.25, 0.3) is 10.9 Å². The third kappa shape index (κ3) is 3.36. The van der Waals surface area contributed by atoms with Gasteiger partial charge in [0.2, 0.25) is 0 Å². The largest absolute Gasteiger partial charge is 0.480 e. The van der Waals surface area contributed by atoms with Gasteiger partial charge in [-0.3, -0.25) is 9.59 Å². The number of anilines is 1. The Balaban J connectivity index is 1.78. The molecule has 0 fully saturated rings. The first kappa shape index (κ1) is 20.1. The third-order valence-electron chi connectivity index (χ3n) is 6.19. The van der Waals surface area contributed by atoms with Crippen molar-refractivity contribution in [3.63, 3.8) is 0 Å². The zero-order valence-corrected chi connectivity index (χ0v) is 17.0. The molecule has 0 bridgehead atoms. The molecule has 2 aromatic carbocycles. The zero-order chi connectivity index (χ0) is 21.3. The van der Waals surface area contributed by atoms with Crippen molar-refractivity contribution in [2.24, 2.45) is 5.41 Å². The molecule has 4 rings (SSSR count). The molecule has 0 aliphatic heterocycles. The maximum absolute atomic E-state index is 15.1. The predicted molar refractivity (Wildman–Crippen MR) is 114 cm³/mol. The highest BCUT2D eigenvalue weighted by Crippen LogP contribution is 2.45. The minimum absolute atomic E-state index is 0.121. The molecule has 30 heavy (non-hydrogen) atoms. The lowest BCUT2D eigenvalue weighted by Gasteiger charge is -2.37. The zero-order valence-electron chi connectivity index (χ0n) is 17.0. The average Bonchev–Trinajstić information content (AvgIpc) is 3.06. The number of aliphatic carboxylic acids is 1. The number of para-hydroxylation sites is 2. The van der Waals surface area contributed by atoms with E-state index in [9.17, 15) is 14.7 Å². The molecular weight excluding hydrogens is 383 g/mol. The fraction of sp³-hybridized carbons (Fsp3) is 0.333. The quantitative estimate of drug-likeness (QED) is 0.589. The van der Waals surface area contributed by atoms with E-state index in [1.165, 1.54) is 0 Å². The molecule has 1 aromatic heterocycles. The summed E-state index contributed by atoms with van der Waals surface area (Å²) >= 11 is 0. The number of carboxylic acid groups (broad SMARTS) is 1. The van der Waals surface area contributed by atoms with Crippen molar-refractivity contribution in [3.05, 3.63) is 65.9 Å². The molecule has 1 aliphatic rings. The van der Waals surface area contributed by atoms with Crippen molar-refractivity contribution < 1.29 is 19.2 Å². The van der Waals surface area contributed by atoms with Crippen LogP contribution in [0.1, 0.15) is 37.4 Å². The van der Waals surface area contributed by atoms with Gasteiger partial charge in [-0.1, -0.05) is 54.2 Å². The molecule has 1 unspecified atom stereocenters. The molecule has 1 amide bonds. The molecule has 0 saturated carbocycles. The van der Waals surface area contributed by atoms with E-state index in [-0.39, 0.29) is 17.4 Å². The van der Waals surface area contributed by atoms with Crippen molar-refractivity contribution in [2.45, 2.75) is 45.6 Å². The van der Waals surface area contributed by atoms with Crippen LogP contribution < -0.4 is 5.12 Å². The number of rotatable bonds is 6. The highest BCUT2D eigenvalue weighted by Gasteiger charge is 2.45. The number of hydrogen-bond donors (Lipinski definition) is 1. The second-order valence-corrected chi connectivity index (χ2v) is 8.05. The Morgan fingerprint density at radius 2 is 1.83 bits per heavy atom. The van der Waals surface area contributed by atoms with Crippen molar-refractivity contribution in [1.29, 1.82) is 0 Å². The Bertz CT molecular complexity index is 1090. The minimum Gasteiger partial charge on any atom is -0.480 e. The molecule has 0 spiro atoms. The highest BCUT2D eigenvalue weighted by molar-refractivity contribution is 5.97. The van der Waals surface area contributed by atoms with Crippen molar-refractivity contribution in [2.75, 3.05) is 5.12 Å². The number of aromatic nitrogens is 1. The van der Waals surface area contributed by atoms with Gasteiger partial charge in [-0.25, -0.2) is 0 Å². The van der Waals surface area contributed by atoms with Crippen LogP contribution in [0.3, 0.4) is 0 Å². The van der Waals surface area contributed by atoms with Crippen LogP contribution >= 0.6 is 0 Å². The molecular formula is C24H25FN2O3. The number of halogens is 1. The molecule has 0 radical (unpaired) electrons. The summed E-state index contributed by atoms with van der Waals surface area (Å²) in [5, 5.41) is 10.6. The number of carboxylic acids is 1. The lowest BCUT2D eigenvalue weighted by Crippen LogP contribution is -2.44. The van der Waals surface area contributed by atoms with Gasteiger partial charge in [-0.05, 0) is 49.4 Å². The van der Waals surface area contributed by atoms with E-state index in [1.807, 2.05) is 35.8 Å². The van der Waals surface area contributed by atoms with Crippen LogP contribution in [0.5, 0.6) is 0 Å². The molecule has 1 aliphatic carbocycles. The van der Waals surface area contributed by atoms with Gasteiger partial charge in [0.25, 0.3) is 5.91 Å². The van der Waals surface area contributed by atoms with E-state index in [0.717, 1.165) is 28.6 Å². The summed E-state index contributed by atoms with van der Waals surface area (Å²) in [5.74, 6) is -1.42. The number of fused-ring (bicyclic) bond motifs is 3. The fourth-order valence-corrected chi connectivity index (χ4v) is 4.88. The topological polar surface area (TPSA) is 62.5 Å². The van der Waals surface area contributed by atoms with E-state index in [2.05, 4.69) is 0 Å². The second kappa shape index (κ2) is 7.94. The average molecular weight is 408 g/mol. The second-order valence-electron chi connectivity index (χ2n) is 8.05. The number of benzene rings is 2. The van der Waals surface area contributed by atoms with Gasteiger partial charge in [0.05, 0.1) is 11.1 Å². The first-order valence-corrected chi connectivity index (χ1v) is 10.3. The summed E-state index contributed by atoms with van der Waals surface area (Å²) in [7, 11) is 0. The molecule has 1 heterocycles. The van der Waals surface area contributed by atoms with Crippen LogP contribution in [-0.4, -0.2) is 21.6 Å². The van der Waals surface area contributed by atoms with E-state index in [1.54, 1.807) is 30.3 Å². The number of hydrogen-bond acceptors (Lipinski definition) is 2. The third-order valence-corrected chi connectivity index (χ3v) is 6.19. The SMILES string of the molecule is CCCC1(C(=O)N(F)c2ccccc2)CCc2c(c3ccccc3n2CC(=O)O)C1. The maximum Gasteiger partial charge on any atom is 0.323 e. The minimum atomic E-state index is -0.904. The standard InChI is InChI=1S/C24H25FN2O3/c1-2-13-24(23(30)27(25)17-8-4-3-5-9-17)14-12-21-19(15-24)18-10-6-7-11-20(18)26(21)16-22(28)29/h3-11H,2,12-16H2,1H3,(H,28,29). The van der Waals surface area contributed by atoms with Gasteiger partial charge in [0.15, 0.2) is 0 Å². The Morgan fingerprint density at radius 1 is 1.13 bits per heavy atom. The number of carbonyl (C=O) groups excluding carboxylic acids is 1. The smallest absolute Gasteiger partial charge is 0.323 e. The van der Waals surface area contributed by atoms with Crippen molar-refractivity contribution >= 4 is 28.5 Å². The molecule has 156 valence electrons. The molecule has 6 heteroatoms. The molecule has 1 N–H and O–H groups in total. The fourth-order valence-electron chi connectivity index (χ4n) is 4.88. The first-order valence-electron chi connectivity index (χ1n) is 10.3. The van der Waals surface area contributed by atoms with E-state index >= 15 is 4.48 Å². The Labute approximate surface area is 174 Å². The van der Waals surface area contributed by atoms with E-state index in [4.69, 9.17) is 0 Å². The van der Waals surface area contributed by atoms with Gasteiger partial charge in [0.1, 0.15) is 6.54 Å². The van der Waals surface area contributed by atoms with Gasteiger partial charge in [-0.15, -0.1) is 5.12 Å². The summed E-state index contributed by atoms with van der Waals surface area (Å²) < 4.78 is 17.0. The summed E-state index contributed by atoms with van der Waals surface area (Å²) in [4.78, 5) is 24.8. The summed E-state index contributed by atoms with van der Waals surface area (Å²) in [6.45, 7) is 1.88. The van der Waals surface area contributed by atoms with Gasteiger partial charge >= 0.3 is 5.97 Å². The van der Waals surface area contributed by atoms with E-state index < -0.39 is 17.3 Å². The summed E-state index contributed by atoms with van der Waals surface area (Å²) in [5.41, 5.74) is 2.16. The van der Waals surface area contributed by atoms with Crippen LogP contribution in [0.15, 0.2) is 54.6 Å². The summed E-state index contributed by atoms with van der Waals surface area (Å²) in [6, 6.07) is 16.0. The number of carbonyl (C=O) groups is 2. The van der Waals surface area contributed by atoms with Gasteiger partial charge < -0.3 is 9.67 Å². The van der Waals surface area contributed by atoms with Crippen LogP contribution in [0.4, 0.5) is 10.2 Å². The van der Waals surface area contributed by atoms with Gasteiger partial charge in [-0.2, -0.15) is 0 Å². The lowest BCUT2D eigenvalue weighted by atomic mass is 9.69. The molecule has 5 nitrogen and oxygen atoms in total. The van der Waals surface area contributed by atoms with Crippen molar-refractivity contribution in [3.8, 4) is 0 Å². The monoisotopic (exact) mass is 408 g/mol. The van der Waals surface area contributed by atoms with Crippen LogP contribution in [0, 0.1) is 5.41 Å². The van der Waals surface area contributed by atoms with Crippen molar-refractivity contribution in [1.82, 2.24) is 4.57 Å². The normalized spacial score (nSPS) is 18.2. The lowest BCUT2D eigenvalue weighted by molar-refractivity contribution is -0.137. The number of nitrogens with zero attached hydrogens (tertiary/aromatic N) is 2. The maximum atomic E-state index is 15.1. The Kier molecular flexibility index (Phi) is 5.33. The number of amides is 1. The van der Waals surface area contributed by atoms with Crippen LogP contribution in [-0.2, 0) is 29.0 Å². The summed E-state index contributed by atoms with van der Waals surface area (Å²) in [6.07, 6.45) is 2.80.